The Morgan fingerprint density at radius 2 is 1.76 bits per heavy atom. The van der Waals surface area contributed by atoms with E-state index in [1.54, 1.807) is 4.52 Å². The smallest absolute Gasteiger partial charge is 0.235 e. The quantitative estimate of drug-likeness (QED) is 0.486. The van der Waals surface area contributed by atoms with Crippen LogP contribution in [-0.2, 0) is 0 Å². The van der Waals surface area contributed by atoms with Crippen LogP contribution in [0, 0.1) is 0 Å². The Balaban J connectivity index is 0.00000182. The molecule has 0 spiro atoms. The molecule has 4 rings (SSSR count). The van der Waals surface area contributed by atoms with Crippen LogP contribution in [0.15, 0.2) is 54.6 Å². The number of aromatic nitrogens is 4. The van der Waals surface area contributed by atoms with Gasteiger partial charge in [0.2, 0.25) is 4.96 Å². The summed E-state index contributed by atoms with van der Waals surface area (Å²) in [6, 6.07) is 17.2. The summed E-state index contributed by atoms with van der Waals surface area (Å²) in [4.78, 5) is 0.735. The summed E-state index contributed by atoms with van der Waals surface area (Å²) in [5.74, 6) is 1.50. The van der Waals surface area contributed by atoms with E-state index in [9.17, 15) is 0 Å². The fourth-order valence-corrected chi connectivity index (χ4v) is 3.27. The van der Waals surface area contributed by atoms with E-state index in [4.69, 9.17) is 16.3 Å². The van der Waals surface area contributed by atoms with Crippen molar-refractivity contribution in [2.24, 2.45) is 0 Å². The Labute approximate surface area is 159 Å². The van der Waals surface area contributed by atoms with Crippen LogP contribution in [0.1, 0.15) is 18.0 Å². The molecule has 0 aliphatic heterocycles. The number of ether oxygens (including phenoxy) is 1. The molecule has 0 amide bonds. The number of fused-ring (bicyclic) bond motifs is 1. The SMILES string of the molecule is CC(Oc1ccccc1)c1nn2c(-c3ccc(Cl)cc3)nnc2s1.Cl. The third-order valence-electron chi connectivity index (χ3n) is 3.51. The van der Waals surface area contributed by atoms with Gasteiger partial charge < -0.3 is 4.74 Å². The first-order valence-corrected chi connectivity index (χ1v) is 8.60. The molecule has 0 saturated carbocycles. The number of benzene rings is 2. The zero-order chi connectivity index (χ0) is 16.5. The van der Waals surface area contributed by atoms with Crippen molar-refractivity contribution in [1.82, 2.24) is 19.8 Å². The molecule has 2 aromatic heterocycles. The first kappa shape index (κ1) is 17.7. The van der Waals surface area contributed by atoms with Gasteiger partial charge in [0.05, 0.1) is 0 Å². The lowest BCUT2D eigenvalue weighted by molar-refractivity contribution is 0.225. The molecule has 25 heavy (non-hydrogen) atoms. The number of hydrogen-bond donors (Lipinski definition) is 0. The van der Waals surface area contributed by atoms with E-state index in [-0.39, 0.29) is 18.5 Å². The third-order valence-corrected chi connectivity index (χ3v) is 4.82. The molecule has 5 nitrogen and oxygen atoms in total. The van der Waals surface area contributed by atoms with Gasteiger partial charge in [0.15, 0.2) is 10.8 Å². The average Bonchev–Trinajstić information content (AvgIpc) is 3.17. The highest BCUT2D eigenvalue weighted by Crippen LogP contribution is 2.28. The normalized spacial score (nSPS) is 11.9. The zero-order valence-corrected chi connectivity index (χ0v) is 15.6. The minimum atomic E-state index is -0.169. The van der Waals surface area contributed by atoms with Crippen molar-refractivity contribution >= 4 is 40.3 Å². The Morgan fingerprint density at radius 1 is 1.04 bits per heavy atom. The maximum atomic E-state index is 5.94. The predicted molar refractivity (Wildman–Crippen MR) is 102 cm³/mol. The van der Waals surface area contributed by atoms with Crippen molar-refractivity contribution in [3.05, 3.63) is 64.6 Å². The standard InChI is InChI=1S/C17H13ClN4OS.ClH/c1-11(23-14-5-3-2-4-6-14)16-21-22-15(19-20-17(22)24-16)12-7-9-13(18)10-8-12;/h2-11H,1H3;1H. The highest BCUT2D eigenvalue weighted by Gasteiger charge is 2.18. The van der Waals surface area contributed by atoms with Gasteiger partial charge in [0.25, 0.3) is 0 Å². The van der Waals surface area contributed by atoms with Gasteiger partial charge >= 0.3 is 0 Å². The van der Waals surface area contributed by atoms with Crippen molar-refractivity contribution in [2.75, 3.05) is 0 Å². The molecular formula is C17H14Cl2N4OS. The molecule has 4 aromatic rings. The second-order valence-electron chi connectivity index (χ2n) is 5.24. The molecule has 0 bridgehead atoms. The molecule has 0 radical (unpaired) electrons. The van der Waals surface area contributed by atoms with Gasteiger partial charge in [-0.3, -0.25) is 0 Å². The monoisotopic (exact) mass is 392 g/mol. The lowest BCUT2D eigenvalue weighted by Crippen LogP contribution is -2.03. The molecule has 128 valence electrons. The lowest BCUT2D eigenvalue weighted by atomic mass is 10.2. The van der Waals surface area contributed by atoms with Crippen LogP contribution in [0.4, 0.5) is 0 Å². The summed E-state index contributed by atoms with van der Waals surface area (Å²) in [5.41, 5.74) is 0.917. The van der Waals surface area contributed by atoms with Gasteiger partial charge in [0.1, 0.15) is 11.9 Å². The molecule has 1 atom stereocenters. The summed E-state index contributed by atoms with van der Waals surface area (Å²) >= 11 is 7.41. The largest absolute Gasteiger partial charge is 0.483 e. The second-order valence-corrected chi connectivity index (χ2v) is 6.66. The third kappa shape index (κ3) is 3.61. The minimum absolute atomic E-state index is 0. The molecule has 8 heteroatoms. The number of para-hydroxylation sites is 1. The maximum Gasteiger partial charge on any atom is 0.235 e. The molecule has 1 unspecified atom stereocenters. The second kappa shape index (κ2) is 7.39. The summed E-state index contributed by atoms with van der Waals surface area (Å²) in [7, 11) is 0. The highest BCUT2D eigenvalue weighted by atomic mass is 35.5. The topological polar surface area (TPSA) is 52.3 Å². The van der Waals surface area contributed by atoms with Crippen LogP contribution < -0.4 is 4.74 Å². The zero-order valence-electron chi connectivity index (χ0n) is 13.2. The number of rotatable bonds is 4. The van der Waals surface area contributed by atoms with Gasteiger partial charge in [-0.1, -0.05) is 41.1 Å². The minimum Gasteiger partial charge on any atom is -0.483 e. The Morgan fingerprint density at radius 3 is 2.48 bits per heavy atom. The Hall–Kier alpha value is -2.15. The van der Waals surface area contributed by atoms with Crippen LogP contribution in [0.5, 0.6) is 5.75 Å². The van der Waals surface area contributed by atoms with Crippen molar-refractivity contribution in [3.63, 3.8) is 0 Å². The predicted octanol–water partition coefficient (Wildman–Crippen LogP) is 5.07. The van der Waals surface area contributed by atoms with Crippen molar-refractivity contribution < 1.29 is 4.74 Å². The van der Waals surface area contributed by atoms with Crippen LogP contribution in [-0.4, -0.2) is 19.8 Å². The van der Waals surface area contributed by atoms with E-state index in [0.717, 1.165) is 21.3 Å². The molecular weight excluding hydrogens is 379 g/mol. The number of nitrogens with zero attached hydrogens (tertiary/aromatic N) is 4. The first-order chi connectivity index (χ1) is 11.7. The maximum absolute atomic E-state index is 5.94. The highest BCUT2D eigenvalue weighted by molar-refractivity contribution is 7.16. The van der Waals surface area contributed by atoms with Crippen LogP contribution in [0.3, 0.4) is 0 Å². The van der Waals surface area contributed by atoms with E-state index in [1.165, 1.54) is 11.3 Å². The summed E-state index contributed by atoms with van der Waals surface area (Å²) < 4.78 is 7.67. The van der Waals surface area contributed by atoms with E-state index in [2.05, 4.69) is 15.3 Å². The summed E-state index contributed by atoms with van der Waals surface area (Å²) in [6.07, 6.45) is -0.169. The molecule has 2 heterocycles. The molecule has 0 aliphatic rings. The summed E-state index contributed by atoms with van der Waals surface area (Å²) in [5, 5.41) is 14.6. The van der Waals surface area contributed by atoms with Crippen LogP contribution in [0.25, 0.3) is 16.3 Å². The van der Waals surface area contributed by atoms with Crippen LogP contribution >= 0.6 is 35.3 Å². The van der Waals surface area contributed by atoms with E-state index in [1.807, 2.05) is 61.5 Å². The van der Waals surface area contributed by atoms with Gasteiger partial charge in [-0.2, -0.15) is 9.61 Å². The molecule has 0 saturated heterocycles. The van der Waals surface area contributed by atoms with Gasteiger partial charge in [-0.15, -0.1) is 22.6 Å². The van der Waals surface area contributed by atoms with E-state index >= 15 is 0 Å². The summed E-state index contributed by atoms with van der Waals surface area (Å²) in [6.45, 7) is 1.97. The fraction of sp³-hybridized carbons (Fsp3) is 0.118. The van der Waals surface area contributed by atoms with Crippen LogP contribution in [0.2, 0.25) is 5.02 Å². The Kier molecular flexibility index (Phi) is 5.22. The lowest BCUT2D eigenvalue weighted by Gasteiger charge is -2.11. The van der Waals surface area contributed by atoms with Gasteiger partial charge in [-0.05, 0) is 43.3 Å². The average molecular weight is 393 g/mol. The first-order valence-electron chi connectivity index (χ1n) is 7.40. The number of halogens is 2. The fourth-order valence-electron chi connectivity index (χ4n) is 2.33. The molecule has 0 N–H and O–H groups in total. The molecule has 2 aromatic carbocycles. The van der Waals surface area contributed by atoms with Gasteiger partial charge in [0, 0.05) is 10.6 Å². The van der Waals surface area contributed by atoms with Gasteiger partial charge in [-0.25, -0.2) is 0 Å². The van der Waals surface area contributed by atoms with Crippen molar-refractivity contribution in [3.8, 4) is 17.1 Å². The van der Waals surface area contributed by atoms with E-state index in [0.29, 0.717) is 10.8 Å². The number of hydrogen-bond acceptors (Lipinski definition) is 5. The molecule has 0 aliphatic carbocycles. The van der Waals surface area contributed by atoms with Crippen molar-refractivity contribution in [1.29, 1.82) is 0 Å². The van der Waals surface area contributed by atoms with E-state index < -0.39 is 0 Å². The molecule has 0 fully saturated rings. The van der Waals surface area contributed by atoms with Crippen molar-refractivity contribution in [2.45, 2.75) is 13.0 Å². The Bertz CT molecular complexity index is 969.